The Morgan fingerprint density at radius 1 is 1.12 bits per heavy atom. The molecule has 2 N–H and O–H groups in total. The van der Waals surface area contributed by atoms with E-state index >= 15 is 0 Å². The zero-order valence-corrected chi connectivity index (χ0v) is 13.4. The fourth-order valence-electron chi connectivity index (χ4n) is 2.78. The highest BCUT2D eigenvalue weighted by molar-refractivity contribution is 5.80. The highest BCUT2D eigenvalue weighted by Gasteiger charge is 2.30. The molecule has 0 aliphatic carbocycles. The van der Waals surface area contributed by atoms with E-state index in [1.54, 1.807) is 17.0 Å². The molecule has 24 heavy (non-hydrogen) atoms. The molecule has 1 fully saturated rings. The van der Waals surface area contributed by atoms with Gasteiger partial charge in [-0.3, -0.25) is 4.79 Å². The highest BCUT2D eigenvalue weighted by Crippen LogP contribution is 2.19. The van der Waals surface area contributed by atoms with Gasteiger partial charge in [0.15, 0.2) is 0 Å². The average Bonchev–Trinajstić information content (AvgIpc) is 2.55. The van der Waals surface area contributed by atoms with Crippen LogP contribution in [0.2, 0.25) is 0 Å². The van der Waals surface area contributed by atoms with Crippen molar-refractivity contribution in [1.29, 1.82) is 0 Å². The zero-order valence-electron chi connectivity index (χ0n) is 13.4. The van der Waals surface area contributed by atoms with Crippen molar-refractivity contribution in [2.24, 2.45) is 0 Å². The van der Waals surface area contributed by atoms with Crippen LogP contribution in [0.4, 0.5) is 10.1 Å². The van der Waals surface area contributed by atoms with Gasteiger partial charge in [-0.1, -0.05) is 24.3 Å². The lowest BCUT2D eigenvalue weighted by Crippen LogP contribution is -2.53. The molecule has 126 valence electrons. The molecule has 1 heterocycles. The van der Waals surface area contributed by atoms with Crippen molar-refractivity contribution >= 4 is 11.6 Å². The Morgan fingerprint density at radius 3 is 2.38 bits per heavy atom. The summed E-state index contributed by atoms with van der Waals surface area (Å²) < 4.78 is 12.9. The molecule has 3 rings (SSSR count). The van der Waals surface area contributed by atoms with Gasteiger partial charge < -0.3 is 15.3 Å². The maximum Gasteiger partial charge on any atom is 0.227 e. The number of anilines is 1. The molecule has 1 amide bonds. The Hall–Kier alpha value is -2.40. The van der Waals surface area contributed by atoms with Crippen LogP contribution >= 0.6 is 0 Å². The van der Waals surface area contributed by atoms with Crippen LogP contribution in [0.3, 0.4) is 0 Å². The maximum atomic E-state index is 12.9. The second-order valence-electron chi connectivity index (χ2n) is 6.07. The average molecular weight is 328 g/mol. The standard InChI is InChI=1S/C19H21FN2O2/c20-16-5-1-15(2-6-16)12-21-17-7-3-14(4-8-17)11-19(24)22-10-9-18(22)13-23/h1-8,18,21,23H,9-13H2/t18-/m0/s1. The van der Waals surface area contributed by atoms with Crippen LogP contribution in [0.25, 0.3) is 0 Å². The Bertz CT molecular complexity index is 684. The second-order valence-corrected chi connectivity index (χ2v) is 6.07. The molecule has 1 aliphatic rings. The molecule has 0 spiro atoms. The van der Waals surface area contributed by atoms with Crippen molar-refractivity contribution in [3.63, 3.8) is 0 Å². The number of rotatable bonds is 6. The van der Waals surface area contributed by atoms with Gasteiger partial charge in [-0.15, -0.1) is 0 Å². The normalized spacial score (nSPS) is 16.6. The molecular formula is C19H21FN2O2. The van der Waals surface area contributed by atoms with Gasteiger partial charge >= 0.3 is 0 Å². The predicted molar refractivity (Wildman–Crippen MR) is 91.1 cm³/mol. The number of nitrogens with one attached hydrogen (secondary N) is 1. The number of halogens is 1. The van der Waals surface area contributed by atoms with Gasteiger partial charge in [-0.2, -0.15) is 0 Å². The quantitative estimate of drug-likeness (QED) is 0.857. The van der Waals surface area contributed by atoms with Gasteiger partial charge in [-0.25, -0.2) is 4.39 Å². The molecule has 5 heteroatoms. The topological polar surface area (TPSA) is 52.6 Å². The van der Waals surface area contributed by atoms with E-state index in [-0.39, 0.29) is 24.4 Å². The van der Waals surface area contributed by atoms with Crippen molar-refractivity contribution in [3.05, 3.63) is 65.5 Å². The minimum atomic E-state index is -0.238. The number of aliphatic hydroxyl groups excluding tert-OH is 1. The van der Waals surface area contributed by atoms with E-state index < -0.39 is 0 Å². The summed E-state index contributed by atoms with van der Waals surface area (Å²) in [5.74, 6) is -0.175. The number of carbonyl (C=O) groups excluding carboxylic acids is 1. The molecule has 1 atom stereocenters. The van der Waals surface area contributed by atoms with Gasteiger partial charge in [0, 0.05) is 18.8 Å². The van der Waals surface area contributed by atoms with Crippen molar-refractivity contribution in [2.75, 3.05) is 18.5 Å². The van der Waals surface area contributed by atoms with Gasteiger partial charge in [-0.05, 0) is 41.8 Å². The van der Waals surface area contributed by atoms with Crippen molar-refractivity contribution in [1.82, 2.24) is 4.90 Å². The number of benzene rings is 2. The summed E-state index contributed by atoms with van der Waals surface area (Å²) >= 11 is 0. The lowest BCUT2D eigenvalue weighted by molar-refractivity contribution is -0.139. The van der Waals surface area contributed by atoms with Crippen molar-refractivity contribution in [2.45, 2.75) is 25.4 Å². The van der Waals surface area contributed by atoms with Gasteiger partial charge in [0.05, 0.1) is 19.1 Å². The molecular weight excluding hydrogens is 307 g/mol. The van der Waals surface area contributed by atoms with Crippen molar-refractivity contribution < 1.29 is 14.3 Å². The third-order valence-corrected chi connectivity index (χ3v) is 4.39. The fraction of sp³-hybridized carbons (Fsp3) is 0.316. The Kier molecular flexibility index (Phi) is 5.11. The smallest absolute Gasteiger partial charge is 0.227 e. The number of aliphatic hydroxyl groups is 1. The number of likely N-dealkylation sites (tertiary alicyclic amines) is 1. The molecule has 0 saturated carbocycles. The van der Waals surface area contributed by atoms with E-state index in [1.807, 2.05) is 24.3 Å². The summed E-state index contributed by atoms with van der Waals surface area (Å²) in [6, 6.07) is 14.1. The Morgan fingerprint density at radius 2 is 1.79 bits per heavy atom. The summed E-state index contributed by atoms with van der Waals surface area (Å²) in [4.78, 5) is 13.9. The van der Waals surface area contributed by atoms with Crippen LogP contribution in [0.15, 0.2) is 48.5 Å². The SMILES string of the molecule is O=C(Cc1ccc(NCc2ccc(F)cc2)cc1)N1CC[C@H]1CO. The summed E-state index contributed by atoms with van der Waals surface area (Å²) in [5, 5.41) is 12.4. The summed E-state index contributed by atoms with van der Waals surface area (Å²) in [6.45, 7) is 1.39. The van der Waals surface area contributed by atoms with Crippen LogP contribution in [-0.4, -0.2) is 35.1 Å². The van der Waals surface area contributed by atoms with E-state index in [9.17, 15) is 9.18 Å². The first-order chi connectivity index (χ1) is 11.7. The number of amides is 1. The molecule has 0 aromatic heterocycles. The molecule has 0 bridgehead atoms. The lowest BCUT2D eigenvalue weighted by Gasteiger charge is -2.40. The molecule has 4 nitrogen and oxygen atoms in total. The first-order valence-corrected chi connectivity index (χ1v) is 8.13. The van der Waals surface area contributed by atoms with Crippen LogP contribution in [0.1, 0.15) is 17.5 Å². The number of carbonyl (C=O) groups is 1. The summed E-state index contributed by atoms with van der Waals surface area (Å²) in [5.41, 5.74) is 2.91. The Labute approximate surface area is 140 Å². The maximum absolute atomic E-state index is 12.9. The predicted octanol–water partition coefficient (Wildman–Crippen LogP) is 2.57. The van der Waals surface area contributed by atoms with E-state index in [1.165, 1.54) is 12.1 Å². The van der Waals surface area contributed by atoms with E-state index in [4.69, 9.17) is 5.11 Å². The lowest BCUT2D eigenvalue weighted by atomic mass is 10.0. The minimum absolute atomic E-state index is 0.00542. The van der Waals surface area contributed by atoms with Gasteiger partial charge in [0.1, 0.15) is 5.82 Å². The first kappa shape index (κ1) is 16.5. The third kappa shape index (κ3) is 3.92. The fourth-order valence-corrected chi connectivity index (χ4v) is 2.78. The summed E-state index contributed by atoms with van der Waals surface area (Å²) in [6.07, 6.45) is 1.24. The highest BCUT2D eigenvalue weighted by atomic mass is 19.1. The summed E-state index contributed by atoms with van der Waals surface area (Å²) in [7, 11) is 0. The van der Waals surface area contributed by atoms with Crippen LogP contribution in [0, 0.1) is 5.82 Å². The van der Waals surface area contributed by atoms with E-state index in [0.29, 0.717) is 13.0 Å². The van der Waals surface area contributed by atoms with E-state index in [2.05, 4.69) is 5.32 Å². The first-order valence-electron chi connectivity index (χ1n) is 8.13. The molecule has 1 saturated heterocycles. The van der Waals surface area contributed by atoms with Crippen LogP contribution in [0.5, 0.6) is 0 Å². The number of hydrogen-bond donors (Lipinski definition) is 2. The monoisotopic (exact) mass is 328 g/mol. The van der Waals surface area contributed by atoms with Crippen molar-refractivity contribution in [3.8, 4) is 0 Å². The van der Waals surface area contributed by atoms with Crippen LogP contribution < -0.4 is 5.32 Å². The van der Waals surface area contributed by atoms with Gasteiger partial charge in [0.25, 0.3) is 0 Å². The molecule has 0 unspecified atom stereocenters. The molecule has 2 aromatic carbocycles. The van der Waals surface area contributed by atoms with E-state index in [0.717, 1.165) is 29.8 Å². The minimum Gasteiger partial charge on any atom is -0.394 e. The molecule has 2 aromatic rings. The molecule has 1 aliphatic heterocycles. The van der Waals surface area contributed by atoms with Crippen LogP contribution in [-0.2, 0) is 17.8 Å². The second kappa shape index (κ2) is 7.45. The number of nitrogens with zero attached hydrogens (tertiary/aromatic N) is 1. The van der Waals surface area contributed by atoms with Gasteiger partial charge in [0.2, 0.25) is 5.91 Å². The third-order valence-electron chi connectivity index (χ3n) is 4.39. The zero-order chi connectivity index (χ0) is 16.9. The number of hydrogen-bond acceptors (Lipinski definition) is 3. The molecule has 0 radical (unpaired) electrons. The Balaban J connectivity index is 1.51. The largest absolute Gasteiger partial charge is 0.394 e.